The van der Waals surface area contributed by atoms with E-state index in [4.69, 9.17) is 0 Å². The molecule has 2 aromatic carbocycles. The Morgan fingerprint density at radius 3 is 2.80 bits per heavy atom. The number of amides is 1. The Kier molecular flexibility index (Phi) is 4.03. The lowest BCUT2D eigenvalue weighted by Crippen LogP contribution is -2.09. The molecule has 2 aromatic heterocycles. The van der Waals surface area contributed by atoms with E-state index < -0.39 is 0 Å². The Bertz CT molecular complexity index is 1040. The third-order valence-corrected chi connectivity index (χ3v) is 4.91. The smallest absolute Gasteiger partial charge is 0.265 e. The zero-order valence-corrected chi connectivity index (χ0v) is 14.0. The standard InChI is InChI=1S/C19H14FN3OS/c20-16-7-4-8-17-15(16)9-18(25-17)19(24)22-14-10-21-23(12-14)11-13-5-2-1-3-6-13/h1-10,12H,11H2,(H,22,24). The van der Waals surface area contributed by atoms with Crippen molar-refractivity contribution in [2.45, 2.75) is 6.54 Å². The third-order valence-electron chi connectivity index (χ3n) is 3.81. The van der Waals surface area contributed by atoms with Crippen LogP contribution < -0.4 is 5.32 Å². The van der Waals surface area contributed by atoms with Gasteiger partial charge in [0.25, 0.3) is 5.91 Å². The summed E-state index contributed by atoms with van der Waals surface area (Å²) in [5.74, 6) is -0.580. The van der Waals surface area contributed by atoms with Crippen LogP contribution in [0.1, 0.15) is 15.2 Å². The van der Waals surface area contributed by atoms with Crippen molar-refractivity contribution in [3.8, 4) is 0 Å². The van der Waals surface area contributed by atoms with Crippen LogP contribution in [-0.4, -0.2) is 15.7 Å². The maximum atomic E-state index is 13.8. The van der Waals surface area contributed by atoms with Crippen molar-refractivity contribution in [3.63, 3.8) is 0 Å². The summed E-state index contributed by atoms with van der Waals surface area (Å²) in [7, 11) is 0. The van der Waals surface area contributed by atoms with E-state index in [1.807, 2.05) is 30.3 Å². The molecule has 0 bridgehead atoms. The summed E-state index contributed by atoms with van der Waals surface area (Å²) in [6.45, 7) is 0.630. The molecule has 0 unspecified atom stereocenters. The molecule has 6 heteroatoms. The molecule has 1 N–H and O–H groups in total. The summed E-state index contributed by atoms with van der Waals surface area (Å²) < 4.78 is 16.3. The predicted octanol–water partition coefficient (Wildman–Crippen LogP) is 4.54. The molecule has 1 amide bonds. The van der Waals surface area contributed by atoms with Gasteiger partial charge in [0, 0.05) is 16.3 Å². The van der Waals surface area contributed by atoms with Crippen LogP contribution in [0.25, 0.3) is 10.1 Å². The second-order valence-electron chi connectivity index (χ2n) is 5.63. The van der Waals surface area contributed by atoms with E-state index in [9.17, 15) is 9.18 Å². The maximum Gasteiger partial charge on any atom is 0.265 e. The molecule has 4 rings (SSSR count). The van der Waals surface area contributed by atoms with Gasteiger partial charge in [-0.05, 0) is 23.8 Å². The number of hydrogen-bond acceptors (Lipinski definition) is 3. The van der Waals surface area contributed by atoms with Crippen molar-refractivity contribution in [2.24, 2.45) is 0 Å². The highest BCUT2D eigenvalue weighted by atomic mass is 32.1. The van der Waals surface area contributed by atoms with Gasteiger partial charge in [0.1, 0.15) is 5.82 Å². The van der Waals surface area contributed by atoms with Crippen molar-refractivity contribution >= 4 is 33.0 Å². The first kappa shape index (κ1) is 15.5. The number of anilines is 1. The second kappa shape index (κ2) is 6.49. The van der Waals surface area contributed by atoms with Crippen LogP contribution in [-0.2, 0) is 6.54 Å². The number of benzene rings is 2. The van der Waals surface area contributed by atoms with Gasteiger partial charge in [-0.25, -0.2) is 4.39 Å². The number of carbonyl (C=O) groups is 1. The molecular formula is C19H14FN3OS. The summed E-state index contributed by atoms with van der Waals surface area (Å²) in [6.07, 6.45) is 3.38. The van der Waals surface area contributed by atoms with E-state index in [2.05, 4.69) is 10.4 Å². The minimum absolute atomic E-state index is 0.264. The number of fused-ring (bicyclic) bond motifs is 1. The van der Waals surface area contributed by atoms with Gasteiger partial charge in [0.15, 0.2) is 0 Å². The number of aromatic nitrogens is 2. The van der Waals surface area contributed by atoms with E-state index in [-0.39, 0.29) is 11.7 Å². The molecule has 0 atom stereocenters. The average Bonchev–Trinajstić information content (AvgIpc) is 3.23. The van der Waals surface area contributed by atoms with Gasteiger partial charge < -0.3 is 5.32 Å². The number of hydrogen-bond donors (Lipinski definition) is 1. The molecule has 0 aliphatic carbocycles. The molecule has 0 saturated carbocycles. The molecule has 4 nitrogen and oxygen atoms in total. The fourth-order valence-corrected chi connectivity index (χ4v) is 3.59. The minimum atomic E-state index is -0.316. The van der Waals surface area contributed by atoms with Gasteiger partial charge in [0.05, 0.1) is 23.3 Å². The lowest BCUT2D eigenvalue weighted by molar-refractivity contribution is 0.103. The maximum absolute atomic E-state index is 13.8. The molecule has 2 heterocycles. The summed E-state index contributed by atoms with van der Waals surface area (Å²) in [5, 5.41) is 7.54. The minimum Gasteiger partial charge on any atom is -0.319 e. The normalized spacial score (nSPS) is 10.9. The number of nitrogens with one attached hydrogen (secondary N) is 1. The highest BCUT2D eigenvalue weighted by Crippen LogP contribution is 2.28. The molecule has 0 aliphatic heterocycles. The first-order valence-electron chi connectivity index (χ1n) is 7.75. The van der Waals surface area contributed by atoms with Crippen molar-refractivity contribution in [2.75, 3.05) is 5.32 Å². The Balaban J connectivity index is 1.50. The highest BCUT2D eigenvalue weighted by Gasteiger charge is 2.13. The zero-order chi connectivity index (χ0) is 17.2. The van der Waals surface area contributed by atoms with Gasteiger partial charge in [-0.3, -0.25) is 9.48 Å². The molecule has 124 valence electrons. The molecule has 0 saturated heterocycles. The lowest BCUT2D eigenvalue weighted by atomic mass is 10.2. The Labute approximate surface area is 147 Å². The van der Waals surface area contributed by atoms with Crippen molar-refractivity contribution in [1.82, 2.24) is 9.78 Å². The van der Waals surface area contributed by atoms with Gasteiger partial charge in [-0.15, -0.1) is 11.3 Å². The Morgan fingerprint density at radius 1 is 1.16 bits per heavy atom. The van der Waals surface area contributed by atoms with Crippen LogP contribution >= 0.6 is 11.3 Å². The number of rotatable bonds is 4. The van der Waals surface area contributed by atoms with Crippen LogP contribution in [0.5, 0.6) is 0 Å². The molecule has 0 radical (unpaired) electrons. The van der Waals surface area contributed by atoms with Crippen molar-refractivity contribution < 1.29 is 9.18 Å². The fraction of sp³-hybridized carbons (Fsp3) is 0.0526. The molecule has 25 heavy (non-hydrogen) atoms. The Hall–Kier alpha value is -2.99. The number of halogens is 1. The third kappa shape index (κ3) is 3.29. The molecule has 4 aromatic rings. The summed E-state index contributed by atoms with van der Waals surface area (Å²) in [4.78, 5) is 12.9. The Morgan fingerprint density at radius 2 is 2.00 bits per heavy atom. The van der Waals surface area contributed by atoms with Crippen molar-refractivity contribution in [1.29, 1.82) is 0 Å². The summed E-state index contributed by atoms with van der Waals surface area (Å²) in [6, 6.07) is 16.4. The lowest BCUT2D eigenvalue weighted by Gasteiger charge is -2.01. The van der Waals surface area contributed by atoms with Crippen LogP contribution in [0.4, 0.5) is 10.1 Å². The molecular weight excluding hydrogens is 337 g/mol. The van der Waals surface area contributed by atoms with Crippen LogP contribution in [0.15, 0.2) is 67.0 Å². The summed E-state index contributed by atoms with van der Waals surface area (Å²) >= 11 is 1.27. The van der Waals surface area contributed by atoms with Crippen LogP contribution in [0.3, 0.4) is 0 Å². The van der Waals surface area contributed by atoms with E-state index >= 15 is 0 Å². The summed E-state index contributed by atoms with van der Waals surface area (Å²) in [5.41, 5.74) is 1.74. The number of thiophene rings is 1. The first-order valence-corrected chi connectivity index (χ1v) is 8.56. The number of carbonyl (C=O) groups excluding carboxylic acids is 1. The second-order valence-corrected chi connectivity index (χ2v) is 6.71. The van der Waals surface area contributed by atoms with Gasteiger partial charge in [-0.1, -0.05) is 36.4 Å². The van der Waals surface area contributed by atoms with Gasteiger partial charge >= 0.3 is 0 Å². The highest BCUT2D eigenvalue weighted by molar-refractivity contribution is 7.20. The van der Waals surface area contributed by atoms with E-state index in [0.717, 1.165) is 10.3 Å². The SMILES string of the molecule is O=C(Nc1cnn(Cc2ccccc2)c1)c1cc2c(F)cccc2s1. The first-order chi connectivity index (χ1) is 12.2. The van der Waals surface area contributed by atoms with Gasteiger partial charge in [0.2, 0.25) is 0 Å². The van der Waals surface area contributed by atoms with E-state index in [1.54, 1.807) is 35.3 Å². The molecule has 0 aliphatic rings. The van der Waals surface area contributed by atoms with Crippen LogP contribution in [0, 0.1) is 5.82 Å². The van der Waals surface area contributed by atoms with Crippen LogP contribution in [0.2, 0.25) is 0 Å². The quantitative estimate of drug-likeness (QED) is 0.587. The molecule has 0 fully saturated rings. The largest absolute Gasteiger partial charge is 0.319 e. The molecule has 0 spiro atoms. The fourth-order valence-electron chi connectivity index (χ4n) is 2.61. The topological polar surface area (TPSA) is 46.9 Å². The zero-order valence-electron chi connectivity index (χ0n) is 13.1. The van der Waals surface area contributed by atoms with E-state index in [0.29, 0.717) is 22.5 Å². The predicted molar refractivity (Wildman–Crippen MR) is 97.5 cm³/mol. The average molecular weight is 351 g/mol. The number of nitrogens with zero attached hydrogens (tertiary/aromatic N) is 2. The van der Waals surface area contributed by atoms with Crippen molar-refractivity contribution in [3.05, 3.63) is 83.2 Å². The monoisotopic (exact) mass is 351 g/mol. The van der Waals surface area contributed by atoms with E-state index in [1.165, 1.54) is 17.4 Å². The van der Waals surface area contributed by atoms with Gasteiger partial charge in [-0.2, -0.15) is 5.10 Å².